The van der Waals surface area contributed by atoms with Gasteiger partial charge in [-0.15, -0.1) is 0 Å². The molecule has 0 amide bonds. The molecule has 0 aliphatic heterocycles. The lowest BCUT2D eigenvalue weighted by Crippen LogP contribution is -2.40. The van der Waals surface area contributed by atoms with Crippen molar-refractivity contribution in [1.29, 1.82) is 0 Å². The highest BCUT2D eigenvalue weighted by molar-refractivity contribution is 5.56. The second-order valence-electron chi connectivity index (χ2n) is 4.84. The Kier molecular flexibility index (Phi) is 6.91. The van der Waals surface area contributed by atoms with E-state index in [-0.39, 0.29) is 11.9 Å². The van der Waals surface area contributed by atoms with Crippen LogP contribution in [0.25, 0.3) is 0 Å². The van der Waals surface area contributed by atoms with Gasteiger partial charge in [-0.2, -0.15) is 0 Å². The van der Waals surface area contributed by atoms with Crippen LogP contribution < -0.4 is 4.90 Å². The predicted molar refractivity (Wildman–Crippen MR) is 77.6 cm³/mol. The Morgan fingerprint density at radius 3 is 2.50 bits per heavy atom. The topological polar surface area (TPSA) is 41.9 Å². The Labute approximate surface area is 120 Å². The highest BCUT2D eigenvalue weighted by Crippen LogP contribution is 2.30. The summed E-state index contributed by atoms with van der Waals surface area (Å²) >= 11 is 0. The summed E-state index contributed by atoms with van der Waals surface area (Å²) in [7, 11) is 3.22. The van der Waals surface area contributed by atoms with Crippen LogP contribution in [-0.4, -0.2) is 45.1 Å². The largest absolute Gasteiger partial charge is 0.389 e. The van der Waals surface area contributed by atoms with Gasteiger partial charge < -0.3 is 19.5 Å². The first-order chi connectivity index (χ1) is 9.52. The van der Waals surface area contributed by atoms with E-state index in [1.165, 1.54) is 6.07 Å². The average molecular weight is 285 g/mol. The maximum atomic E-state index is 14.3. The molecular formula is C15H24FNO3. The predicted octanol–water partition coefficient (Wildman–Crippen LogP) is 2.37. The summed E-state index contributed by atoms with van der Waals surface area (Å²) in [6, 6.07) is 4.73. The summed E-state index contributed by atoms with van der Waals surface area (Å²) in [4.78, 5) is 1.88. The van der Waals surface area contributed by atoms with E-state index in [1.807, 2.05) is 11.8 Å². The molecule has 0 aliphatic rings. The van der Waals surface area contributed by atoms with Crippen LogP contribution in [0, 0.1) is 5.82 Å². The van der Waals surface area contributed by atoms with Crippen molar-refractivity contribution in [2.24, 2.45) is 0 Å². The second kappa shape index (κ2) is 8.19. The number of aliphatic hydroxyl groups is 1. The molecule has 1 aromatic rings. The van der Waals surface area contributed by atoms with Crippen molar-refractivity contribution < 1.29 is 19.0 Å². The first kappa shape index (κ1) is 16.9. The molecule has 0 saturated heterocycles. The van der Waals surface area contributed by atoms with Crippen LogP contribution in [0.15, 0.2) is 18.2 Å². The number of nitrogens with zero attached hydrogens (tertiary/aromatic N) is 1. The van der Waals surface area contributed by atoms with Gasteiger partial charge in [-0.25, -0.2) is 4.39 Å². The lowest BCUT2D eigenvalue weighted by Gasteiger charge is -2.33. The quantitative estimate of drug-likeness (QED) is 0.796. The molecule has 1 aromatic carbocycles. The molecule has 0 saturated carbocycles. The van der Waals surface area contributed by atoms with Crippen LogP contribution in [0.4, 0.5) is 10.1 Å². The molecule has 20 heavy (non-hydrogen) atoms. The normalized spacial score (nSPS) is 14.1. The van der Waals surface area contributed by atoms with Gasteiger partial charge in [0.25, 0.3) is 0 Å². The van der Waals surface area contributed by atoms with Gasteiger partial charge in [0.2, 0.25) is 0 Å². The molecule has 1 rings (SSSR count). The number of halogens is 1. The summed E-state index contributed by atoms with van der Waals surface area (Å²) in [6.45, 7) is 5.06. The molecule has 4 nitrogen and oxygen atoms in total. The molecule has 0 bridgehead atoms. The van der Waals surface area contributed by atoms with Crippen LogP contribution >= 0.6 is 0 Å². The van der Waals surface area contributed by atoms with Crippen molar-refractivity contribution in [3.63, 3.8) is 0 Å². The van der Waals surface area contributed by atoms with E-state index < -0.39 is 6.10 Å². The van der Waals surface area contributed by atoms with Gasteiger partial charge in [0.05, 0.1) is 25.0 Å². The van der Waals surface area contributed by atoms with Gasteiger partial charge in [0.1, 0.15) is 5.82 Å². The van der Waals surface area contributed by atoms with E-state index in [1.54, 1.807) is 33.3 Å². The Hall–Kier alpha value is -1.17. The van der Waals surface area contributed by atoms with Gasteiger partial charge in [0.15, 0.2) is 0 Å². The van der Waals surface area contributed by atoms with E-state index in [0.717, 1.165) is 0 Å². The van der Waals surface area contributed by atoms with Gasteiger partial charge in [-0.05, 0) is 19.9 Å². The molecule has 1 N–H and O–H groups in total. The number of aliphatic hydroxyl groups excluding tert-OH is 1. The number of rotatable bonds is 8. The van der Waals surface area contributed by atoms with Crippen molar-refractivity contribution in [3.05, 3.63) is 29.6 Å². The molecule has 1 unspecified atom stereocenters. The molecule has 5 heteroatoms. The summed E-state index contributed by atoms with van der Waals surface area (Å²) in [5, 5.41) is 9.86. The third kappa shape index (κ3) is 4.16. The van der Waals surface area contributed by atoms with Crippen LogP contribution in [0.3, 0.4) is 0 Å². The zero-order chi connectivity index (χ0) is 15.1. The number of benzene rings is 1. The SMILES string of the molecule is COCCN(c1c(F)cccc1[C@@H](C)O)C(C)COC. The lowest BCUT2D eigenvalue weighted by atomic mass is 10.1. The fourth-order valence-corrected chi connectivity index (χ4v) is 2.25. The summed E-state index contributed by atoms with van der Waals surface area (Å²) in [6.07, 6.45) is -0.736. The number of hydrogen-bond donors (Lipinski definition) is 1. The minimum absolute atomic E-state index is 0.0236. The average Bonchev–Trinajstić information content (AvgIpc) is 2.40. The molecule has 2 atom stereocenters. The molecule has 0 radical (unpaired) electrons. The molecule has 0 aliphatic carbocycles. The van der Waals surface area contributed by atoms with E-state index in [4.69, 9.17) is 9.47 Å². The van der Waals surface area contributed by atoms with Crippen molar-refractivity contribution in [3.8, 4) is 0 Å². The van der Waals surface area contributed by atoms with Crippen LogP contribution in [0.2, 0.25) is 0 Å². The van der Waals surface area contributed by atoms with Crippen molar-refractivity contribution in [2.75, 3.05) is 38.9 Å². The molecule has 0 heterocycles. The fourth-order valence-electron chi connectivity index (χ4n) is 2.25. The highest BCUT2D eigenvalue weighted by atomic mass is 19.1. The molecule has 0 spiro atoms. The van der Waals surface area contributed by atoms with Gasteiger partial charge in [-0.3, -0.25) is 0 Å². The van der Waals surface area contributed by atoms with Gasteiger partial charge in [0, 0.05) is 32.4 Å². The van der Waals surface area contributed by atoms with E-state index in [9.17, 15) is 9.50 Å². The third-order valence-corrected chi connectivity index (χ3v) is 3.23. The minimum Gasteiger partial charge on any atom is -0.389 e. The van der Waals surface area contributed by atoms with Crippen molar-refractivity contribution in [2.45, 2.75) is 26.0 Å². The lowest BCUT2D eigenvalue weighted by molar-refractivity contribution is 0.169. The monoisotopic (exact) mass is 285 g/mol. The number of para-hydroxylation sites is 1. The van der Waals surface area contributed by atoms with Crippen molar-refractivity contribution in [1.82, 2.24) is 0 Å². The van der Waals surface area contributed by atoms with Gasteiger partial charge in [-0.1, -0.05) is 12.1 Å². The number of hydrogen-bond acceptors (Lipinski definition) is 4. The van der Waals surface area contributed by atoms with Crippen molar-refractivity contribution >= 4 is 5.69 Å². The third-order valence-electron chi connectivity index (χ3n) is 3.23. The Morgan fingerprint density at radius 1 is 1.25 bits per heavy atom. The van der Waals surface area contributed by atoms with E-state index in [0.29, 0.717) is 31.0 Å². The Morgan fingerprint density at radius 2 is 1.95 bits per heavy atom. The molecular weight excluding hydrogens is 261 g/mol. The second-order valence-corrected chi connectivity index (χ2v) is 4.84. The number of ether oxygens (including phenoxy) is 2. The van der Waals surface area contributed by atoms with Crippen LogP contribution in [0.1, 0.15) is 25.5 Å². The van der Waals surface area contributed by atoms with Gasteiger partial charge >= 0.3 is 0 Å². The zero-order valence-electron chi connectivity index (χ0n) is 12.6. The first-order valence-electron chi connectivity index (χ1n) is 6.73. The number of methoxy groups -OCH3 is 2. The molecule has 0 fully saturated rings. The molecule has 114 valence electrons. The smallest absolute Gasteiger partial charge is 0.146 e. The minimum atomic E-state index is -0.736. The van der Waals surface area contributed by atoms with Crippen LogP contribution in [0.5, 0.6) is 0 Å². The summed E-state index contributed by atoms with van der Waals surface area (Å²) in [5.74, 6) is -0.345. The maximum absolute atomic E-state index is 14.3. The Balaban J connectivity index is 3.17. The molecule has 0 aromatic heterocycles. The summed E-state index contributed by atoms with van der Waals surface area (Å²) in [5.41, 5.74) is 0.994. The maximum Gasteiger partial charge on any atom is 0.146 e. The first-order valence-corrected chi connectivity index (χ1v) is 6.73. The van der Waals surface area contributed by atoms with E-state index >= 15 is 0 Å². The standard InChI is InChI=1S/C15H24FNO3/c1-11(10-20-4)17(8-9-19-3)15-13(12(2)18)6-5-7-14(15)16/h5-7,11-12,18H,8-10H2,1-4H3/t11?,12-/m1/s1. The fraction of sp³-hybridized carbons (Fsp3) is 0.600. The Bertz CT molecular complexity index is 412. The highest BCUT2D eigenvalue weighted by Gasteiger charge is 2.22. The number of anilines is 1. The zero-order valence-corrected chi connectivity index (χ0v) is 12.6. The summed E-state index contributed by atoms with van der Waals surface area (Å²) < 4.78 is 24.5. The van der Waals surface area contributed by atoms with Crippen LogP contribution in [-0.2, 0) is 9.47 Å². The van der Waals surface area contributed by atoms with E-state index in [2.05, 4.69) is 0 Å².